The molecule has 5 atom stereocenters. The predicted octanol–water partition coefficient (Wildman–Crippen LogP) is 2.04. The number of nitrogens with zero attached hydrogens (tertiary/aromatic N) is 2. The number of carbonyl (C=O) groups is 3. The van der Waals surface area contributed by atoms with E-state index in [0.717, 1.165) is 0 Å². The third-order valence-corrected chi connectivity index (χ3v) is 8.48. The second kappa shape index (κ2) is 7.92. The van der Waals surface area contributed by atoms with Crippen molar-refractivity contribution in [2.45, 2.75) is 57.8 Å². The molecule has 0 radical (unpaired) electrons. The van der Waals surface area contributed by atoms with Crippen LogP contribution >= 0.6 is 0 Å². The third kappa shape index (κ3) is 3.79. The number of carbonyl (C=O) groups excluding carboxylic acids is 3. The quantitative estimate of drug-likeness (QED) is 0.766. The van der Waals surface area contributed by atoms with Gasteiger partial charge in [-0.3, -0.25) is 14.4 Å². The standard InChI is InChI=1S/C23H35N3O3/c27-19(9-10-24-22(28)20-15-5-1-2-6-16(15)20)25-11-13-26(14-12-25)23(29)21-17-7-3-4-8-18(17)21/h15-18,20-21H,1-14H2,(H,24,28)/t15-,16-,17-,18+,21?/m0/s1. The highest BCUT2D eigenvalue weighted by Crippen LogP contribution is 2.56. The van der Waals surface area contributed by atoms with Crippen molar-refractivity contribution < 1.29 is 14.4 Å². The van der Waals surface area contributed by atoms with Crippen molar-refractivity contribution in [3.8, 4) is 0 Å². The summed E-state index contributed by atoms with van der Waals surface area (Å²) in [5.74, 6) is 3.62. The van der Waals surface area contributed by atoms with E-state index in [2.05, 4.69) is 5.32 Å². The molecule has 0 bridgehead atoms. The summed E-state index contributed by atoms with van der Waals surface area (Å²) in [6.45, 7) is 3.04. The van der Waals surface area contributed by atoms with Crippen LogP contribution in [0.2, 0.25) is 0 Å². The van der Waals surface area contributed by atoms with Gasteiger partial charge in [-0.15, -0.1) is 0 Å². The number of hydrogen-bond acceptors (Lipinski definition) is 3. The van der Waals surface area contributed by atoms with E-state index in [4.69, 9.17) is 0 Å². The Morgan fingerprint density at radius 1 is 0.690 bits per heavy atom. The molecule has 1 aliphatic heterocycles. The molecule has 3 amide bonds. The fraction of sp³-hybridized carbons (Fsp3) is 0.870. The molecule has 5 rings (SSSR count). The van der Waals surface area contributed by atoms with E-state index in [0.29, 0.717) is 68.7 Å². The molecule has 6 nitrogen and oxygen atoms in total. The van der Waals surface area contributed by atoms with Crippen molar-refractivity contribution in [2.24, 2.45) is 35.5 Å². The number of amides is 3. The predicted molar refractivity (Wildman–Crippen MR) is 109 cm³/mol. The molecule has 4 saturated carbocycles. The molecule has 0 spiro atoms. The average molecular weight is 402 g/mol. The Balaban J connectivity index is 1.00. The van der Waals surface area contributed by atoms with Crippen molar-refractivity contribution in [3.63, 3.8) is 0 Å². The Kier molecular flexibility index (Phi) is 5.29. The van der Waals surface area contributed by atoms with Gasteiger partial charge in [0.1, 0.15) is 0 Å². The van der Waals surface area contributed by atoms with E-state index >= 15 is 0 Å². The average Bonchev–Trinajstić information content (AvgIpc) is 3.65. The molecular formula is C23H35N3O3. The minimum absolute atomic E-state index is 0.103. The Morgan fingerprint density at radius 3 is 1.72 bits per heavy atom. The highest BCUT2D eigenvalue weighted by molar-refractivity contribution is 5.84. The topological polar surface area (TPSA) is 69.7 Å². The SMILES string of the molecule is O=C(NCCC(=O)N1CCN(C(=O)C2[C@H]3CCCC[C@@H]23)CC1)C1[C@H]2CCCC[C@H]12. The van der Waals surface area contributed by atoms with Gasteiger partial charge in [0.05, 0.1) is 0 Å². The van der Waals surface area contributed by atoms with Gasteiger partial charge in [-0.2, -0.15) is 0 Å². The number of nitrogens with one attached hydrogen (secondary N) is 1. The maximum atomic E-state index is 12.8. The fourth-order valence-corrected chi connectivity index (χ4v) is 6.70. The number of rotatable bonds is 5. The zero-order valence-electron chi connectivity index (χ0n) is 17.5. The third-order valence-electron chi connectivity index (χ3n) is 8.48. The lowest BCUT2D eigenvalue weighted by atomic mass is 10.0. The zero-order chi connectivity index (χ0) is 20.0. The van der Waals surface area contributed by atoms with Gasteiger partial charge in [0.25, 0.3) is 0 Å². The Morgan fingerprint density at radius 2 is 1.17 bits per heavy atom. The Labute approximate surface area is 173 Å². The van der Waals surface area contributed by atoms with Crippen LogP contribution in [0.5, 0.6) is 0 Å². The van der Waals surface area contributed by atoms with Gasteiger partial charge < -0.3 is 15.1 Å². The van der Waals surface area contributed by atoms with Crippen molar-refractivity contribution >= 4 is 17.7 Å². The second-order valence-corrected chi connectivity index (χ2v) is 10.0. The van der Waals surface area contributed by atoms with Gasteiger partial charge in [0.2, 0.25) is 17.7 Å². The normalized spacial score (nSPS) is 37.9. The summed E-state index contributed by atoms with van der Waals surface area (Å²) in [5.41, 5.74) is 0. The summed E-state index contributed by atoms with van der Waals surface area (Å²) in [6, 6.07) is 0. The van der Waals surface area contributed by atoms with Crippen LogP contribution in [0.3, 0.4) is 0 Å². The van der Waals surface area contributed by atoms with Crippen LogP contribution in [0.4, 0.5) is 0 Å². The summed E-state index contributed by atoms with van der Waals surface area (Å²) in [6.07, 6.45) is 10.3. The van der Waals surface area contributed by atoms with Crippen molar-refractivity contribution in [3.05, 3.63) is 0 Å². The molecule has 29 heavy (non-hydrogen) atoms. The van der Waals surface area contributed by atoms with Crippen molar-refractivity contribution in [1.29, 1.82) is 0 Å². The Hall–Kier alpha value is -1.59. The van der Waals surface area contributed by atoms with Crippen molar-refractivity contribution in [2.75, 3.05) is 32.7 Å². The smallest absolute Gasteiger partial charge is 0.226 e. The lowest BCUT2D eigenvalue weighted by Crippen LogP contribution is -2.51. The summed E-state index contributed by atoms with van der Waals surface area (Å²) in [7, 11) is 0. The summed E-state index contributed by atoms with van der Waals surface area (Å²) < 4.78 is 0. The lowest BCUT2D eigenvalue weighted by Gasteiger charge is -2.35. The highest BCUT2D eigenvalue weighted by Gasteiger charge is 2.56. The summed E-state index contributed by atoms with van der Waals surface area (Å²) >= 11 is 0. The number of hydrogen-bond donors (Lipinski definition) is 1. The molecule has 160 valence electrons. The van der Waals surface area contributed by atoms with Crippen molar-refractivity contribution in [1.82, 2.24) is 15.1 Å². The summed E-state index contributed by atoms with van der Waals surface area (Å²) in [4.78, 5) is 41.5. The molecule has 0 aromatic rings. The van der Waals surface area contributed by atoms with Crippen LogP contribution in [0, 0.1) is 35.5 Å². The van der Waals surface area contributed by atoms with Crippen LogP contribution in [0.15, 0.2) is 0 Å². The minimum atomic E-state index is 0.103. The first kappa shape index (κ1) is 19.4. The maximum Gasteiger partial charge on any atom is 0.226 e. The van der Waals surface area contributed by atoms with Gasteiger partial charge in [0.15, 0.2) is 0 Å². The highest BCUT2D eigenvalue weighted by atomic mass is 16.2. The van der Waals surface area contributed by atoms with E-state index in [1.807, 2.05) is 9.80 Å². The monoisotopic (exact) mass is 401 g/mol. The maximum absolute atomic E-state index is 12.8. The van der Waals surface area contributed by atoms with Gasteiger partial charge in [-0.1, -0.05) is 25.7 Å². The molecule has 0 aromatic carbocycles. The molecule has 5 aliphatic rings. The Bertz CT molecular complexity index is 648. The van der Waals surface area contributed by atoms with Gasteiger partial charge in [-0.25, -0.2) is 0 Å². The first-order chi connectivity index (χ1) is 14.1. The minimum Gasteiger partial charge on any atom is -0.355 e. The number of fused-ring (bicyclic) bond motifs is 2. The zero-order valence-corrected chi connectivity index (χ0v) is 17.5. The fourth-order valence-electron chi connectivity index (χ4n) is 6.70. The summed E-state index contributed by atoms with van der Waals surface area (Å²) in [5, 5.41) is 3.00. The van der Waals surface area contributed by atoms with E-state index in [-0.39, 0.29) is 23.7 Å². The van der Waals surface area contributed by atoms with Crippen LogP contribution in [0.25, 0.3) is 0 Å². The van der Waals surface area contributed by atoms with Gasteiger partial charge in [-0.05, 0) is 49.4 Å². The lowest BCUT2D eigenvalue weighted by molar-refractivity contribution is -0.140. The molecular weight excluding hydrogens is 366 g/mol. The number of piperazine rings is 1. The van der Waals surface area contributed by atoms with Gasteiger partial charge in [0, 0.05) is 51.0 Å². The first-order valence-corrected chi connectivity index (χ1v) is 12.0. The van der Waals surface area contributed by atoms with Crippen LogP contribution < -0.4 is 5.32 Å². The molecule has 1 saturated heterocycles. The first-order valence-electron chi connectivity index (χ1n) is 12.0. The van der Waals surface area contributed by atoms with Gasteiger partial charge >= 0.3 is 0 Å². The molecule has 6 heteroatoms. The van der Waals surface area contributed by atoms with Crippen LogP contribution in [-0.4, -0.2) is 60.2 Å². The molecule has 5 fully saturated rings. The molecule has 1 heterocycles. The molecule has 4 aliphatic carbocycles. The molecule has 0 aromatic heterocycles. The van der Waals surface area contributed by atoms with Crippen LogP contribution in [-0.2, 0) is 14.4 Å². The van der Waals surface area contributed by atoms with E-state index in [1.165, 1.54) is 51.4 Å². The molecule has 1 N–H and O–H groups in total. The second-order valence-electron chi connectivity index (χ2n) is 10.0. The van der Waals surface area contributed by atoms with Crippen LogP contribution in [0.1, 0.15) is 57.8 Å². The molecule has 1 unspecified atom stereocenters. The van der Waals surface area contributed by atoms with E-state index in [1.54, 1.807) is 0 Å². The largest absolute Gasteiger partial charge is 0.355 e. The van der Waals surface area contributed by atoms with E-state index in [9.17, 15) is 14.4 Å². The van der Waals surface area contributed by atoms with E-state index < -0.39 is 0 Å².